The third kappa shape index (κ3) is 8.83. The largest absolute Gasteiger partial charge is 0.444 e. The number of aryl methyl sites for hydroxylation is 2. The number of rotatable bonds is 11. The number of alkyl carbamates (subject to hydrolysis) is 1. The molecule has 0 aromatic heterocycles. The first-order valence-electron chi connectivity index (χ1n) is 13.6. The number of anilines is 1. The lowest BCUT2D eigenvalue weighted by Crippen LogP contribution is -2.59. The van der Waals surface area contributed by atoms with Gasteiger partial charge in [0.05, 0.1) is 0 Å². The summed E-state index contributed by atoms with van der Waals surface area (Å²) in [6.45, 7) is 14.6. The van der Waals surface area contributed by atoms with Gasteiger partial charge >= 0.3 is 6.09 Å². The van der Waals surface area contributed by atoms with E-state index in [0.29, 0.717) is 17.7 Å². The van der Waals surface area contributed by atoms with Crippen LogP contribution < -0.4 is 16.4 Å². The van der Waals surface area contributed by atoms with Crippen LogP contribution >= 0.6 is 0 Å². The number of nitrogens with one attached hydrogen (secondary N) is 2. The first-order chi connectivity index (χ1) is 18.6. The molecule has 4 N–H and O–H groups in total. The molecule has 9 heteroatoms. The van der Waals surface area contributed by atoms with Crippen molar-refractivity contribution in [1.29, 1.82) is 0 Å². The lowest BCUT2D eigenvalue weighted by molar-refractivity contribution is -0.148. The van der Waals surface area contributed by atoms with Crippen molar-refractivity contribution in [3.63, 3.8) is 0 Å². The predicted octanol–water partition coefficient (Wildman–Crippen LogP) is 5.16. The number of carbonyl (C=O) groups is 4. The van der Waals surface area contributed by atoms with Gasteiger partial charge in [0, 0.05) is 17.6 Å². The highest BCUT2D eigenvalue weighted by Crippen LogP contribution is 2.35. The molecule has 2 aromatic carbocycles. The molecule has 0 saturated carbocycles. The van der Waals surface area contributed by atoms with Crippen LogP contribution in [0.2, 0.25) is 0 Å². The lowest BCUT2D eigenvalue weighted by Gasteiger charge is -2.45. The van der Waals surface area contributed by atoms with Gasteiger partial charge in [-0.05, 0) is 84.1 Å². The fourth-order valence-electron chi connectivity index (χ4n) is 4.31. The molecule has 218 valence electrons. The van der Waals surface area contributed by atoms with Gasteiger partial charge in [-0.1, -0.05) is 49.4 Å². The number of para-hydroxylation sites is 1. The van der Waals surface area contributed by atoms with Gasteiger partial charge in [0.1, 0.15) is 17.7 Å². The molecular formula is C31H44N4O5. The second-order valence-corrected chi connectivity index (χ2v) is 11.6. The molecule has 0 heterocycles. The zero-order chi connectivity index (χ0) is 30.3. The molecule has 0 bridgehead atoms. The van der Waals surface area contributed by atoms with Crippen molar-refractivity contribution in [2.75, 3.05) is 5.32 Å². The molecule has 0 fully saturated rings. The van der Waals surface area contributed by atoms with E-state index in [9.17, 15) is 19.2 Å². The van der Waals surface area contributed by atoms with E-state index < -0.39 is 47.0 Å². The summed E-state index contributed by atoms with van der Waals surface area (Å²) in [5.41, 5.74) is 6.75. The Morgan fingerprint density at radius 3 is 2.02 bits per heavy atom. The number of amides is 4. The predicted molar refractivity (Wildman–Crippen MR) is 157 cm³/mol. The molecule has 4 amide bonds. The standard InChI is InChI=1S/C31H44N4O5/c1-9-31(7,8)35(28(38)24(18-19-25(32)36)34-29(39)40-30(4,5)6)26(22-16-12-10-14-20(22)2)27(37)33-23-17-13-11-15-21(23)3/h10-17,24,26H,9,18-19H2,1-8H3,(H2,32,36)(H,33,37)(H,34,39). The van der Waals surface area contributed by atoms with Crippen LogP contribution in [0.3, 0.4) is 0 Å². The number of benzene rings is 2. The van der Waals surface area contributed by atoms with Crippen LogP contribution in [-0.4, -0.2) is 45.9 Å². The van der Waals surface area contributed by atoms with E-state index in [4.69, 9.17) is 10.5 Å². The van der Waals surface area contributed by atoms with E-state index in [0.717, 1.165) is 11.1 Å². The van der Waals surface area contributed by atoms with Crippen LogP contribution in [0.4, 0.5) is 10.5 Å². The third-order valence-corrected chi connectivity index (χ3v) is 6.82. The van der Waals surface area contributed by atoms with Crippen molar-refractivity contribution in [3.05, 3.63) is 65.2 Å². The smallest absolute Gasteiger partial charge is 0.408 e. The Morgan fingerprint density at radius 2 is 1.50 bits per heavy atom. The Balaban J connectivity index is 2.67. The third-order valence-electron chi connectivity index (χ3n) is 6.82. The number of carbonyl (C=O) groups excluding carboxylic acids is 4. The summed E-state index contributed by atoms with van der Waals surface area (Å²) in [5.74, 6) is -1.53. The average molecular weight is 553 g/mol. The Kier molecular flexibility index (Phi) is 10.9. The number of primary amides is 1. The number of nitrogens with zero attached hydrogens (tertiary/aromatic N) is 1. The Bertz CT molecular complexity index is 1220. The van der Waals surface area contributed by atoms with Crippen molar-refractivity contribution < 1.29 is 23.9 Å². The molecule has 2 unspecified atom stereocenters. The van der Waals surface area contributed by atoms with E-state index >= 15 is 0 Å². The summed E-state index contributed by atoms with van der Waals surface area (Å²) in [4.78, 5) is 54.6. The number of hydrogen-bond donors (Lipinski definition) is 3. The maximum Gasteiger partial charge on any atom is 0.408 e. The van der Waals surface area contributed by atoms with Gasteiger partial charge in [-0.15, -0.1) is 0 Å². The second-order valence-electron chi connectivity index (χ2n) is 11.6. The van der Waals surface area contributed by atoms with Crippen molar-refractivity contribution in [2.24, 2.45) is 5.73 Å². The topological polar surface area (TPSA) is 131 Å². The van der Waals surface area contributed by atoms with E-state index in [1.807, 2.05) is 77.1 Å². The van der Waals surface area contributed by atoms with Crippen molar-refractivity contribution in [3.8, 4) is 0 Å². The lowest BCUT2D eigenvalue weighted by atomic mass is 9.90. The first-order valence-corrected chi connectivity index (χ1v) is 13.6. The zero-order valence-electron chi connectivity index (χ0n) is 25.0. The molecule has 2 atom stereocenters. The highest BCUT2D eigenvalue weighted by molar-refractivity contribution is 6.00. The van der Waals surface area contributed by atoms with Gasteiger partial charge in [-0.2, -0.15) is 0 Å². The van der Waals surface area contributed by atoms with Crippen LogP contribution in [0.25, 0.3) is 0 Å². The maximum atomic E-state index is 14.4. The Labute approximate surface area is 237 Å². The SMILES string of the molecule is CCC(C)(C)N(C(=O)C(CCC(N)=O)NC(=O)OC(C)(C)C)C(C(=O)Nc1ccccc1C)c1ccccc1C. The monoisotopic (exact) mass is 552 g/mol. The van der Waals surface area contributed by atoms with Crippen LogP contribution in [-0.2, 0) is 19.1 Å². The molecule has 9 nitrogen and oxygen atoms in total. The fourth-order valence-corrected chi connectivity index (χ4v) is 4.31. The van der Waals surface area contributed by atoms with Gasteiger partial charge in [0.2, 0.25) is 11.8 Å². The van der Waals surface area contributed by atoms with Gasteiger partial charge in [0.25, 0.3) is 5.91 Å². The summed E-state index contributed by atoms with van der Waals surface area (Å²) in [7, 11) is 0. The summed E-state index contributed by atoms with van der Waals surface area (Å²) >= 11 is 0. The fraction of sp³-hybridized carbons (Fsp3) is 0.484. The van der Waals surface area contributed by atoms with E-state index in [1.165, 1.54) is 4.90 Å². The molecule has 40 heavy (non-hydrogen) atoms. The zero-order valence-corrected chi connectivity index (χ0v) is 25.0. The van der Waals surface area contributed by atoms with Crippen LogP contribution in [0.5, 0.6) is 0 Å². The van der Waals surface area contributed by atoms with Gasteiger partial charge in [-0.3, -0.25) is 14.4 Å². The molecule has 2 rings (SSSR count). The number of hydrogen-bond acceptors (Lipinski definition) is 5. The molecule has 0 aliphatic heterocycles. The normalized spacial score (nSPS) is 13.1. The molecule has 0 radical (unpaired) electrons. The van der Waals surface area contributed by atoms with E-state index in [1.54, 1.807) is 26.8 Å². The molecule has 0 aliphatic carbocycles. The van der Waals surface area contributed by atoms with Gasteiger partial charge in [-0.25, -0.2) is 4.79 Å². The van der Waals surface area contributed by atoms with E-state index in [2.05, 4.69) is 10.6 Å². The molecule has 0 spiro atoms. The van der Waals surface area contributed by atoms with Crippen LogP contribution in [0.15, 0.2) is 48.5 Å². The number of nitrogens with two attached hydrogens (primary N) is 1. The summed E-state index contributed by atoms with van der Waals surface area (Å²) in [6, 6.07) is 12.6. The minimum atomic E-state index is -1.16. The van der Waals surface area contributed by atoms with Crippen molar-refractivity contribution in [1.82, 2.24) is 10.2 Å². The summed E-state index contributed by atoms with van der Waals surface area (Å²) in [6.07, 6.45) is -0.490. The van der Waals surface area contributed by atoms with Crippen LogP contribution in [0, 0.1) is 13.8 Å². The van der Waals surface area contributed by atoms with Gasteiger partial charge in [0.15, 0.2) is 0 Å². The summed E-state index contributed by atoms with van der Waals surface area (Å²) < 4.78 is 5.40. The second kappa shape index (κ2) is 13.5. The molecule has 0 aliphatic rings. The highest BCUT2D eigenvalue weighted by atomic mass is 16.6. The minimum Gasteiger partial charge on any atom is -0.444 e. The first kappa shape index (κ1) is 32.3. The van der Waals surface area contributed by atoms with E-state index in [-0.39, 0.29) is 12.8 Å². The molecular weight excluding hydrogens is 508 g/mol. The Hall–Kier alpha value is -3.88. The van der Waals surface area contributed by atoms with Crippen LogP contribution in [0.1, 0.15) is 83.5 Å². The highest BCUT2D eigenvalue weighted by Gasteiger charge is 2.43. The number of ether oxygens (including phenoxy) is 1. The van der Waals surface area contributed by atoms with Crippen molar-refractivity contribution >= 4 is 29.5 Å². The molecule has 2 aromatic rings. The Morgan fingerprint density at radius 1 is 0.925 bits per heavy atom. The minimum absolute atomic E-state index is 0.0520. The molecule has 0 saturated heterocycles. The average Bonchev–Trinajstić information content (AvgIpc) is 2.85. The summed E-state index contributed by atoms with van der Waals surface area (Å²) in [5, 5.41) is 5.64. The maximum absolute atomic E-state index is 14.4. The quantitative estimate of drug-likeness (QED) is 0.354. The van der Waals surface area contributed by atoms with Crippen molar-refractivity contribution in [2.45, 2.75) is 97.9 Å². The van der Waals surface area contributed by atoms with Gasteiger partial charge < -0.3 is 26.0 Å².